The van der Waals surface area contributed by atoms with Gasteiger partial charge in [0.25, 0.3) is 0 Å². The van der Waals surface area contributed by atoms with E-state index in [-0.39, 0.29) is 69.2 Å². The third-order valence-electron chi connectivity index (χ3n) is 7.26. The van der Waals surface area contributed by atoms with Gasteiger partial charge in [-0.25, -0.2) is 4.79 Å². The lowest BCUT2D eigenvalue weighted by Gasteiger charge is -2.33. The summed E-state index contributed by atoms with van der Waals surface area (Å²) in [7, 11) is 0. The van der Waals surface area contributed by atoms with Gasteiger partial charge in [0.1, 0.15) is 19.3 Å². The second-order valence-corrected chi connectivity index (χ2v) is 12.0. The van der Waals surface area contributed by atoms with Crippen molar-refractivity contribution < 1.29 is 33.4 Å². The van der Waals surface area contributed by atoms with Crippen LogP contribution >= 0.6 is 0 Å². The minimum Gasteiger partial charge on any atom is -0.460 e. The first-order chi connectivity index (χ1) is 20.5. The van der Waals surface area contributed by atoms with Crippen LogP contribution in [0.5, 0.6) is 0 Å². The zero-order chi connectivity index (χ0) is 31.4. The number of hydrogen-bond acceptors (Lipinski definition) is 8. The summed E-state index contributed by atoms with van der Waals surface area (Å²) in [6, 6.07) is 17.7. The van der Waals surface area contributed by atoms with Crippen LogP contribution in [0.25, 0.3) is 0 Å². The van der Waals surface area contributed by atoms with Crippen molar-refractivity contribution in [3.05, 3.63) is 71.8 Å². The van der Waals surface area contributed by atoms with Gasteiger partial charge in [0.2, 0.25) is 5.91 Å². The topological polar surface area (TPSA) is 131 Å². The maximum Gasteiger partial charge on any atom is 0.408 e. The van der Waals surface area contributed by atoms with E-state index in [9.17, 15) is 24.0 Å². The van der Waals surface area contributed by atoms with Crippen LogP contribution in [0.15, 0.2) is 60.7 Å². The van der Waals surface area contributed by atoms with Crippen LogP contribution in [0.4, 0.5) is 4.79 Å². The molecule has 1 aliphatic rings. The maximum atomic E-state index is 13.3. The van der Waals surface area contributed by atoms with Gasteiger partial charge >= 0.3 is 12.1 Å². The molecule has 0 radical (unpaired) electrons. The van der Waals surface area contributed by atoms with Crippen molar-refractivity contribution in [1.82, 2.24) is 15.5 Å². The van der Waals surface area contributed by atoms with Crippen LogP contribution in [-0.2, 0) is 41.9 Å². The van der Waals surface area contributed by atoms with E-state index >= 15 is 0 Å². The second-order valence-electron chi connectivity index (χ2n) is 12.0. The molecule has 43 heavy (non-hydrogen) atoms. The normalized spacial score (nSPS) is 16.0. The first-order valence-electron chi connectivity index (χ1n) is 14.7. The van der Waals surface area contributed by atoms with Crippen LogP contribution in [0, 0.1) is 17.3 Å². The quantitative estimate of drug-likeness (QED) is 0.251. The molecule has 232 valence electrons. The van der Waals surface area contributed by atoms with Gasteiger partial charge in [-0.05, 0) is 43.7 Å². The summed E-state index contributed by atoms with van der Waals surface area (Å²) in [5, 5.41) is 5.65. The summed E-state index contributed by atoms with van der Waals surface area (Å²) < 4.78 is 10.7. The van der Waals surface area contributed by atoms with Crippen molar-refractivity contribution in [2.45, 2.75) is 59.8 Å². The van der Waals surface area contributed by atoms with Gasteiger partial charge in [-0.3, -0.25) is 19.2 Å². The second kappa shape index (κ2) is 16.0. The molecular formula is C33H43N3O7. The molecule has 2 amide bonds. The van der Waals surface area contributed by atoms with E-state index in [0.717, 1.165) is 11.1 Å². The molecule has 3 rings (SSSR count). The van der Waals surface area contributed by atoms with Crippen LogP contribution in [0.2, 0.25) is 0 Å². The number of amides is 2. The molecular weight excluding hydrogens is 550 g/mol. The van der Waals surface area contributed by atoms with E-state index in [4.69, 9.17) is 9.47 Å². The van der Waals surface area contributed by atoms with Crippen molar-refractivity contribution in [3.8, 4) is 0 Å². The van der Waals surface area contributed by atoms with Gasteiger partial charge in [0.15, 0.2) is 11.6 Å². The number of carbonyl (C=O) groups is 5. The Morgan fingerprint density at radius 1 is 0.930 bits per heavy atom. The Bertz CT molecular complexity index is 1250. The molecule has 0 spiro atoms. The Morgan fingerprint density at radius 3 is 2.07 bits per heavy atom. The average Bonchev–Trinajstić information content (AvgIpc) is 2.98. The third-order valence-corrected chi connectivity index (χ3v) is 7.26. The molecule has 0 bridgehead atoms. The number of likely N-dealkylation sites (tertiary alicyclic amines) is 1. The van der Waals surface area contributed by atoms with Crippen LogP contribution < -0.4 is 10.6 Å². The molecule has 2 atom stereocenters. The number of ether oxygens (including phenoxy) is 2. The SMILES string of the molecule is CC(C)C[C@H](NC(=O)OCc1ccccc1)C(=O)N1CCC(C(=O)CNCC(C)(C)C(=O)OCc2ccccc2)C(=O)C1. The highest BCUT2D eigenvalue weighted by atomic mass is 16.5. The predicted molar refractivity (Wildman–Crippen MR) is 161 cm³/mol. The Morgan fingerprint density at radius 2 is 1.51 bits per heavy atom. The monoisotopic (exact) mass is 593 g/mol. The van der Waals surface area contributed by atoms with Crippen molar-refractivity contribution >= 4 is 29.5 Å². The molecule has 2 N–H and O–H groups in total. The van der Waals surface area contributed by atoms with Crippen molar-refractivity contribution in [3.63, 3.8) is 0 Å². The van der Waals surface area contributed by atoms with E-state index in [2.05, 4.69) is 10.6 Å². The number of esters is 1. The number of alkyl carbamates (subject to hydrolysis) is 1. The standard InChI is InChI=1S/C33H43N3O7/c1-23(2)17-27(35-32(41)43-21-25-13-9-6-10-14-25)30(39)36-16-15-26(29(38)19-36)28(37)18-34-22-33(3,4)31(40)42-20-24-11-7-5-8-12-24/h5-14,23,26-27,34H,15-22H2,1-4H3,(H,35,41)/t26?,27-/m0/s1. The largest absolute Gasteiger partial charge is 0.460 e. The number of nitrogens with zero attached hydrogens (tertiary/aromatic N) is 1. The molecule has 10 nitrogen and oxygen atoms in total. The summed E-state index contributed by atoms with van der Waals surface area (Å²) in [5.41, 5.74) is 0.824. The van der Waals surface area contributed by atoms with E-state index < -0.39 is 29.4 Å². The molecule has 1 saturated heterocycles. The number of piperidine rings is 1. The smallest absolute Gasteiger partial charge is 0.408 e. The predicted octanol–water partition coefficient (Wildman–Crippen LogP) is 3.67. The Balaban J connectivity index is 1.45. The minimum atomic E-state index is -0.879. The number of ketones is 2. The first-order valence-corrected chi connectivity index (χ1v) is 14.7. The lowest BCUT2D eigenvalue weighted by Crippen LogP contribution is -2.54. The highest BCUT2D eigenvalue weighted by molar-refractivity contribution is 6.05. The third kappa shape index (κ3) is 10.6. The Kier molecular flexibility index (Phi) is 12.4. The van der Waals surface area contributed by atoms with E-state index in [1.165, 1.54) is 4.90 Å². The molecule has 0 aromatic heterocycles. The molecule has 1 aliphatic heterocycles. The van der Waals surface area contributed by atoms with E-state index in [1.807, 2.05) is 74.5 Å². The number of benzene rings is 2. The first kappa shape index (κ1) is 33.5. The maximum absolute atomic E-state index is 13.3. The molecule has 2 aromatic rings. The number of hydrogen-bond donors (Lipinski definition) is 2. The van der Waals surface area contributed by atoms with Crippen molar-refractivity contribution in [2.75, 3.05) is 26.2 Å². The van der Waals surface area contributed by atoms with Gasteiger partial charge in [-0.1, -0.05) is 74.5 Å². The van der Waals surface area contributed by atoms with Crippen LogP contribution in [-0.4, -0.2) is 66.7 Å². The minimum absolute atomic E-state index is 0.0708. The fourth-order valence-electron chi connectivity index (χ4n) is 4.78. The van der Waals surface area contributed by atoms with Gasteiger partial charge < -0.3 is 25.0 Å². The van der Waals surface area contributed by atoms with Crippen molar-refractivity contribution in [2.24, 2.45) is 17.3 Å². The lowest BCUT2D eigenvalue weighted by molar-refractivity contribution is -0.155. The fraction of sp³-hybridized carbons (Fsp3) is 0.485. The molecule has 1 fully saturated rings. The summed E-state index contributed by atoms with van der Waals surface area (Å²) in [5.74, 6) is -2.14. The number of Topliss-reactive ketones (excluding diaryl/α,β-unsaturated/α-hetero) is 2. The number of carbonyl (C=O) groups excluding carboxylic acids is 5. The zero-order valence-corrected chi connectivity index (χ0v) is 25.5. The Labute approximate surface area is 253 Å². The highest BCUT2D eigenvalue weighted by Gasteiger charge is 2.37. The molecule has 1 heterocycles. The summed E-state index contributed by atoms with van der Waals surface area (Å²) in [6.45, 7) is 7.69. The summed E-state index contributed by atoms with van der Waals surface area (Å²) >= 11 is 0. The lowest BCUT2D eigenvalue weighted by atomic mass is 9.89. The van der Waals surface area contributed by atoms with Gasteiger partial charge in [-0.2, -0.15) is 0 Å². The zero-order valence-electron chi connectivity index (χ0n) is 25.5. The van der Waals surface area contributed by atoms with Gasteiger partial charge in [0, 0.05) is 13.1 Å². The summed E-state index contributed by atoms with van der Waals surface area (Å²) in [4.78, 5) is 65.6. The van der Waals surface area contributed by atoms with Crippen LogP contribution in [0.1, 0.15) is 51.7 Å². The molecule has 2 aromatic carbocycles. The van der Waals surface area contributed by atoms with Crippen LogP contribution in [0.3, 0.4) is 0 Å². The highest BCUT2D eigenvalue weighted by Crippen LogP contribution is 2.20. The van der Waals surface area contributed by atoms with Crippen molar-refractivity contribution in [1.29, 1.82) is 0 Å². The van der Waals surface area contributed by atoms with Gasteiger partial charge in [-0.15, -0.1) is 0 Å². The molecule has 10 heteroatoms. The Hall–Kier alpha value is -4.05. The van der Waals surface area contributed by atoms with E-state index in [0.29, 0.717) is 6.42 Å². The number of nitrogens with one attached hydrogen (secondary N) is 2. The molecule has 0 aliphatic carbocycles. The molecule has 0 saturated carbocycles. The molecule has 1 unspecified atom stereocenters. The van der Waals surface area contributed by atoms with Gasteiger partial charge in [0.05, 0.1) is 24.4 Å². The average molecular weight is 594 g/mol. The number of rotatable bonds is 14. The summed E-state index contributed by atoms with van der Waals surface area (Å²) in [6.07, 6.45) is -0.141. The fourth-order valence-corrected chi connectivity index (χ4v) is 4.78. The van der Waals surface area contributed by atoms with E-state index in [1.54, 1.807) is 13.8 Å².